The highest BCUT2D eigenvalue weighted by atomic mass is 16.6. The zero-order chi connectivity index (χ0) is 20.0. The third-order valence-electron chi connectivity index (χ3n) is 3.59. The normalized spacial score (nSPS) is 13.7. The topological polar surface area (TPSA) is 99.9 Å². The van der Waals surface area contributed by atoms with E-state index < -0.39 is 17.4 Å². The number of esters is 1. The van der Waals surface area contributed by atoms with Crippen molar-refractivity contribution in [1.82, 2.24) is 0 Å². The van der Waals surface area contributed by atoms with E-state index in [1.807, 2.05) is 6.92 Å². The minimum Gasteiger partial charge on any atom is -0.461 e. The summed E-state index contributed by atoms with van der Waals surface area (Å²) in [5.74, 6) is -0.291. The van der Waals surface area contributed by atoms with Crippen LogP contribution in [0.25, 0.3) is 0 Å². The van der Waals surface area contributed by atoms with Crippen LogP contribution in [0.5, 0.6) is 0 Å². The molecule has 146 valence electrons. The number of nitrogens with two attached hydrogens (primary N) is 1. The zero-order valence-electron chi connectivity index (χ0n) is 16.5. The van der Waals surface area contributed by atoms with Crippen LogP contribution in [0.1, 0.15) is 58.6 Å². The molecule has 0 bridgehead atoms. The van der Waals surface area contributed by atoms with Crippen molar-refractivity contribution in [1.29, 1.82) is 0 Å². The molecule has 0 radical (unpaired) electrons. The fourth-order valence-corrected chi connectivity index (χ4v) is 2.09. The standard InChI is InChI=1S/C19H30N2O5/c1-7-8-16(22)25-12-13-9-10-14(19(5,20)24-6)11-15(13)21-17(23)26-18(2,3)4/h9-11H,7-8,12,20H2,1-6H3,(H,21,23). The number of ether oxygens (including phenoxy) is 3. The second-order valence-corrected chi connectivity index (χ2v) is 7.22. The highest BCUT2D eigenvalue weighted by Crippen LogP contribution is 2.26. The van der Waals surface area contributed by atoms with E-state index >= 15 is 0 Å². The number of rotatable bonds is 7. The van der Waals surface area contributed by atoms with Crippen LogP contribution < -0.4 is 11.1 Å². The molecule has 0 heterocycles. The summed E-state index contributed by atoms with van der Waals surface area (Å²) in [7, 11) is 1.50. The summed E-state index contributed by atoms with van der Waals surface area (Å²) in [6.45, 7) is 8.98. The lowest BCUT2D eigenvalue weighted by atomic mass is 10.0. The van der Waals surface area contributed by atoms with Crippen molar-refractivity contribution in [2.24, 2.45) is 5.73 Å². The number of carbonyl (C=O) groups excluding carboxylic acids is 2. The Bertz CT molecular complexity index is 635. The number of methoxy groups -OCH3 is 1. The first-order valence-electron chi connectivity index (χ1n) is 8.61. The highest BCUT2D eigenvalue weighted by molar-refractivity contribution is 5.86. The van der Waals surface area contributed by atoms with Crippen molar-refractivity contribution in [3.63, 3.8) is 0 Å². The van der Waals surface area contributed by atoms with Gasteiger partial charge < -0.3 is 14.2 Å². The molecule has 0 saturated heterocycles. The molecule has 0 aliphatic rings. The molecular weight excluding hydrogens is 336 g/mol. The smallest absolute Gasteiger partial charge is 0.412 e. The van der Waals surface area contributed by atoms with Gasteiger partial charge in [-0.1, -0.05) is 19.1 Å². The monoisotopic (exact) mass is 366 g/mol. The van der Waals surface area contributed by atoms with Gasteiger partial charge in [-0.15, -0.1) is 0 Å². The maximum atomic E-state index is 12.1. The summed E-state index contributed by atoms with van der Waals surface area (Å²) in [5.41, 5.74) is 6.19. The highest BCUT2D eigenvalue weighted by Gasteiger charge is 2.23. The number of hydrogen-bond acceptors (Lipinski definition) is 6. The molecule has 0 aliphatic heterocycles. The molecule has 1 amide bonds. The van der Waals surface area contributed by atoms with E-state index in [0.717, 1.165) is 0 Å². The Morgan fingerprint density at radius 3 is 2.38 bits per heavy atom. The molecule has 3 N–H and O–H groups in total. The van der Waals surface area contributed by atoms with Gasteiger partial charge in [0.1, 0.15) is 17.9 Å². The quantitative estimate of drug-likeness (QED) is 0.564. The summed E-state index contributed by atoms with van der Waals surface area (Å²) < 4.78 is 15.8. The molecule has 0 spiro atoms. The van der Waals surface area contributed by atoms with Crippen LogP contribution in [-0.2, 0) is 31.3 Å². The van der Waals surface area contributed by atoms with Gasteiger partial charge in [0.25, 0.3) is 0 Å². The van der Waals surface area contributed by atoms with Gasteiger partial charge in [-0.05, 0) is 40.2 Å². The van der Waals surface area contributed by atoms with Gasteiger partial charge in [-0.25, -0.2) is 4.79 Å². The average Bonchev–Trinajstić information content (AvgIpc) is 2.52. The largest absolute Gasteiger partial charge is 0.461 e. The number of amides is 1. The van der Waals surface area contributed by atoms with E-state index in [9.17, 15) is 9.59 Å². The first-order valence-corrected chi connectivity index (χ1v) is 8.61. The number of anilines is 1. The minimum absolute atomic E-state index is 0.0402. The van der Waals surface area contributed by atoms with Crippen molar-refractivity contribution in [3.8, 4) is 0 Å². The molecule has 0 saturated carbocycles. The van der Waals surface area contributed by atoms with E-state index in [-0.39, 0.29) is 12.6 Å². The van der Waals surface area contributed by atoms with E-state index in [4.69, 9.17) is 19.9 Å². The average molecular weight is 366 g/mol. The Kier molecular flexibility index (Phi) is 7.59. The van der Waals surface area contributed by atoms with E-state index in [1.165, 1.54) is 7.11 Å². The Morgan fingerprint density at radius 1 is 1.19 bits per heavy atom. The maximum Gasteiger partial charge on any atom is 0.412 e. The first kappa shape index (κ1) is 21.9. The number of hydrogen-bond donors (Lipinski definition) is 2. The third kappa shape index (κ3) is 7.01. The Balaban J connectivity index is 3.07. The van der Waals surface area contributed by atoms with E-state index in [0.29, 0.717) is 29.7 Å². The van der Waals surface area contributed by atoms with Gasteiger partial charge in [0, 0.05) is 24.7 Å². The van der Waals surface area contributed by atoms with Crippen LogP contribution in [-0.4, -0.2) is 24.8 Å². The summed E-state index contributed by atoms with van der Waals surface area (Å²) in [5, 5.41) is 2.70. The summed E-state index contributed by atoms with van der Waals surface area (Å²) in [6.07, 6.45) is 0.448. The molecule has 1 aromatic carbocycles. The molecule has 7 heteroatoms. The lowest BCUT2D eigenvalue weighted by molar-refractivity contribution is -0.144. The van der Waals surface area contributed by atoms with Crippen LogP contribution >= 0.6 is 0 Å². The van der Waals surface area contributed by atoms with Gasteiger partial charge >= 0.3 is 12.1 Å². The minimum atomic E-state index is -1.03. The predicted molar refractivity (Wildman–Crippen MR) is 99.6 cm³/mol. The molecular formula is C19H30N2O5. The van der Waals surface area contributed by atoms with Gasteiger partial charge in [0.05, 0.1) is 5.69 Å². The molecule has 1 unspecified atom stereocenters. The van der Waals surface area contributed by atoms with Gasteiger partial charge in [0.2, 0.25) is 0 Å². The molecule has 0 aliphatic carbocycles. The molecule has 7 nitrogen and oxygen atoms in total. The van der Waals surface area contributed by atoms with E-state index in [2.05, 4.69) is 5.32 Å². The Hall–Kier alpha value is -2.12. The van der Waals surface area contributed by atoms with Crippen LogP contribution in [0, 0.1) is 0 Å². The van der Waals surface area contributed by atoms with Crippen molar-refractivity contribution in [3.05, 3.63) is 29.3 Å². The van der Waals surface area contributed by atoms with Gasteiger partial charge in [0.15, 0.2) is 0 Å². The summed E-state index contributed by atoms with van der Waals surface area (Å²) in [6, 6.07) is 5.20. The lowest BCUT2D eigenvalue weighted by Crippen LogP contribution is -2.35. The van der Waals surface area contributed by atoms with Crippen LogP contribution in [0.15, 0.2) is 18.2 Å². The molecule has 0 fully saturated rings. The molecule has 1 rings (SSSR count). The Labute approximate surface area is 155 Å². The Morgan fingerprint density at radius 2 is 1.85 bits per heavy atom. The zero-order valence-corrected chi connectivity index (χ0v) is 16.5. The van der Waals surface area contributed by atoms with E-state index in [1.54, 1.807) is 45.9 Å². The number of carbonyl (C=O) groups is 2. The summed E-state index contributed by atoms with van der Waals surface area (Å²) >= 11 is 0. The second kappa shape index (κ2) is 9.00. The fraction of sp³-hybridized carbons (Fsp3) is 0.579. The van der Waals surface area contributed by atoms with Crippen LogP contribution in [0.4, 0.5) is 10.5 Å². The predicted octanol–water partition coefficient (Wildman–Crippen LogP) is 3.65. The van der Waals surface area contributed by atoms with Crippen molar-refractivity contribution in [2.45, 2.75) is 65.4 Å². The molecule has 1 aromatic rings. The van der Waals surface area contributed by atoms with Crippen LogP contribution in [0.3, 0.4) is 0 Å². The second-order valence-electron chi connectivity index (χ2n) is 7.22. The van der Waals surface area contributed by atoms with Crippen molar-refractivity contribution >= 4 is 17.7 Å². The molecule has 26 heavy (non-hydrogen) atoms. The maximum absolute atomic E-state index is 12.1. The van der Waals surface area contributed by atoms with Gasteiger partial charge in [-0.3, -0.25) is 15.8 Å². The number of benzene rings is 1. The van der Waals surface area contributed by atoms with Crippen molar-refractivity contribution < 1.29 is 23.8 Å². The molecule has 1 atom stereocenters. The fourth-order valence-electron chi connectivity index (χ4n) is 2.09. The SMILES string of the molecule is CCCC(=O)OCc1ccc(C(C)(N)OC)cc1NC(=O)OC(C)(C)C. The summed E-state index contributed by atoms with van der Waals surface area (Å²) in [4.78, 5) is 23.8. The lowest BCUT2D eigenvalue weighted by Gasteiger charge is -2.25. The molecule has 0 aromatic heterocycles. The van der Waals surface area contributed by atoms with Crippen molar-refractivity contribution in [2.75, 3.05) is 12.4 Å². The third-order valence-corrected chi connectivity index (χ3v) is 3.59. The first-order chi connectivity index (χ1) is 12.0. The van der Waals surface area contributed by atoms with Crippen LogP contribution in [0.2, 0.25) is 0 Å². The van der Waals surface area contributed by atoms with Gasteiger partial charge in [-0.2, -0.15) is 0 Å². The number of nitrogens with one attached hydrogen (secondary N) is 1.